The number of amides is 3. The molecule has 1 fully saturated rings. The monoisotopic (exact) mass is 473 g/mol. The average molecular weight is 474 g/mol. The van der Waals surface area contributed by atoms with Gasteiger partial charge in [0.25, 0.3) is 0 Å². The molecule has 0 N–H and O–H groups in total. The van der Waals surface area contributed by atoms with Gasteiger partial charge in [-0.1, -0.05) is 24.3 Å². The van der Waals surface area contributed by atoms with Crippen molar-refractivity contribution < 1.29 is 14.4 Å². The van der Waals surface area contributed by atoms with Crippen LogP contribution in [0.2, 0.25) is 0 Å². The molecule has 1 aliphatic rings. The summed E-state index contributed by atoms with van der Waals surface area (Å²) < 4.78 is 1.87. The Bertz CT molecular complexity index is 1250. The predicted octanol–water partition coefficient (Wildman–Crippen LogP) is 2.95. The number of carbonyl (C=O) groups excluding carboxylic acids is 3. The van der Waals surface area contributed by atoms with Crippen molar-refractivity contribution in [1.29, 1.82) is 0 Å². The van der Waals surface area contributed by atoms with Crippen LogP contribution in [0, 0.1) is 20.8 Å². The Morgan fingerprint density at radius 2 is 1.80 bits per heavy atom. The van der Waals surface area contributed by atoms with Crippen molar-refractivity contribution >= 4 is 17.7 Å². The maximum absolute atomic E-state index is 13.9. The lowest BCUT2D eigenvalue weighted by atomic mass is 9.74. The number of rotatable bonds is 8. The SMILES string of the molecule is Cc1cc(C)n(CCN(C)C(=O)CC2(c3ccccc3C)CC(=O)N(Cc3ccncc3)C2=O)n1. The van der Waals surface area contributed by atoms with E-state index in [9.17, 15) is 14.4 Å². The summed E-state index contributed by atoms with van der Waals surface area (Å²) in [5.41, 5.74) is 3.17. The Morgan fingerprint density at radius 3 is 2.46 bits per heavy atom. The van der Waals surface area contributed by atoms with Crippen LogP contribution < -0.4 is 0 Å². The van der Waals surface area contributed by atoms with E-state index < -0.39 is 5.41 Å². The topological polar surface area (TPSA) is 88.4 Å². The number of imide groups is 1. The van der Waals surface area contributed by atoms with Gasteiger partial charge in [0.1, 0.15) is 0 Å². The minimum atomic E-state index is -1.22. The molecule has 1 unspecified atom stereocenters. The fourth-order valence-electron chi connectivity index (χ4n) is 4.85. The minimum Gasteiger partial charge on any atom is -0.344 e. The number of likely N-dealkylation sites (tertiary alicyclic amines) is 1. The summed E-state index contributed by atoms with van der Waals surface area (Å²) in [6.45, 7) is 7.00. The first kappa shape index (κ1) is 24.3. The third kappa shape index (κ3) is 4.87. The summed E-state index contributed by atoms with van der Waals surface area (Å²) in [7, 11) is 1.73. The fourth-order valence-corrected chi connectivity index (χ4v) is 4.85. The third-order valence-corrected chi connectivity index (χ3v) is 6.79. The van der Waals surface area contributed by atoms with E-state index in [0.29, 0.717) is 13.1 Å². The van der Waals surface area contributed by atoms with E-state index >= 15 is 0 Å². The van der Waals surface area contributed by atoms with Crippen LogP contribution in [0.4, 0.5) is 0 Å². The average Bonchev–Trinajstić information content (AvgIpc) is 3.28. The lowest BCUT2D eigenvalue weighted by Crippen LogP contribution is -2.43. The molecule has 0 aliphatic carbocycles. The lowest BCUT2D eigenvalue weighted by molar-refractivity contribution is -0.143. The van der Waals surface area contributed by atoms with Crippen LogP contribution in [0.1, 0.15) is 40.9 Å². The normalized spacial score (nSPS) is 17.8. The summed E-state index contributed by atoms with van der Waals surface area (Å²) in [5.74, 6) is -0.774. The summed E-state index contributed by atoms with van der Waals surface area (Å²) in [5, 5.41) is 4.46. The predicted molar refractivity (Wildman–Crippen MR) is 131 cm³/mol. The number of benzene rings is 1. The molecule has 2 aromatic heterocycles. The van der Waals surface area contributed by atoms with Crippen LogP contribution in [-0.4, -0.2) is 55.9 Å². The van der Waals surface area contributed by atoms with Crippen molar-refractivity contribution in [3.8, 4) is 0 Å². The van der Waals surface area contributed by atoms with E-state index in [4.69, 9.17) is 0 Å². The largest absolute Gasteiger partial charge is 0.344 e. The summed E-state index contributed by atoms with van der Waals surface area (Å²) in [6.07, 6.45) is 3.17. The van der Waals surface area contributed by atoms with Gasteiger partial charge in [0, 0.05) is 44.5 Å². The van der Waals surface area contributed by atoms with Crippen LogP contribution in [0.25, 0.3) is 0 Å². The van der Waals surface area contributed by atoms with Crippen molar-refractivity contribution in [2.75, 3.05) is 13.6 Å². The minimum absolute atomic E-state index is 0.0290. The Hall–Kier alpha value is -3.81. The van der Waals surface area contributed by atoms with E-state index in [1.54, 1.807) is 36.5 Å². The van der Waals surface area contributed by atoms with E-state index in [2.05, 4.69) is 10.1 Å². The standard InChI is InChI=1S/C27H31N5O3/c1-19-7-5-6-8-23(19)27(16-24(33)30(4)13-14-32-21(3)15-20(2)29-32)17-25(34)31(26(27)35)18-22-9-11-28-12-10-22/h5-12,15H,13-14,16-18H2,1-4H3. The molecule has 0 spiro atoms. The molecule has 1 atom stereocenters. The van der Waals surface area contributed by atoms with Gasteiger partial charge in [0.15, 0.2) is 0 Å². The highest BCUT2D eigenvalue weighted by Gasteiger charge is 2.54. The van der Waals surface area contributed by atoms with Gasteiger partial charge in [-0.15, -0.1) is 0 Å². The van der Waals surface area contributed by atoms with E-state index in [1.165, 1.54) is 4.90 Å². The van der Waals surface area contributed by atoms with Gasteiger partial charge in [-0.3, -0.25) is 28.9 Å². The fraction of sp³-hybridized carbons (Fsp3) is 0.370. The zero-order valence-corrected chi connectivity index (χ0v) is 20.7. The number of hydrogen-bond donors (Lipinski definition) is 0. The number of hydrogen-bond acceptors (Lipinski definition) is 5. The van der Waals surface area contributed by atoms with Crippen molar-refractivity contribution in [2.45, 2.75) is 52.1 Å². The quantitative estimate of drug-likeness (QED) is 0.470. The molecule has 8 heteroatoms. The number of aryl methyl sites for hydroxylation is 3. The summed E-state index contributed by atoms with van der Waals surface area (Å²) >= 11 is 0. The number of nitrogens with zero attached hydrogens (tertiary/aromatic N) is 5. The van der Waals surface area contributed by atoms with Crippen LogP contribution in [0.15, 0.2) is 54.9 Å². The Kier molecular flexibility index (Phi) is 6.82. The maximum Gasteiger partial charge on any atom is 0.241 e. The first-order valence-corrected chi connectivity index (χ1v) is 11.8. The second kappa shape index (κ2) is 9.82. The molecule has 3 amide bonds. The highest BCUT2D eigenvalue weighted by molar-refractivity contribution is 6.10. The first-order valence-electron chi connectivity index (χ1n) is 11.8. The molecule has 3 heterocycles. The molecule has 35 heavy (non-hydrogen) atoms. The maximum atomic E-state index is 13.9. The van der Waals surface area contributed by atoms with Crippen molar-refractivity contribution in [1.82, 2.24) is 24.6 Å². The van der Waals surface area contributed by atoms with Gasteiger partial charge in [-0.05, 0) is 55.7 Å². The molecule has 3 aromatic rings. The zero-order chi connectivity index (χ0) is 25.2. The van der Waals surface area contributed by atoms with Crippen LogP contribution >= 0.6 is 0 Å². The molecular weight excluding hydrogens is 442 g/mol. The van der Waals surface area contributed by atoms with Gasteiger partial charge in [-0.2, -0.15) is 5.10 Å². The summed E-state index contributed by atoms with van der Waals surface area (Å²) in [4.78, 5) is 47.4. The van der Waals surface area contributed by atoms with E-state index in [0.717, 1.165) is 28.1 Å². The van der Waals surface area contributed by atoms with Crippen LogP contribution in [0.3, 0.4) is 0 Å². The second-order valence-electron chi connectivity index (χ2n) is 9.36. The number of carbonyl (C=O) groups is 3. The second-order valence-corrected chi connectivity index (χ2v) is 9.36. The molecule has 1 saturated heterocycles. The van der Waals surface area contributed by atoms with Gasteiger partial charge in [0.2, 0.25) is 17.7 Å². The van der Waals surface area contributed by atoms with Crippen molar-refractivity contribution in [3.05, 3.63) is 82.9 Å². The Balaban J connectivity index is 1.59. The van der Waals surface area contributed by atoms with Crippen LogP contribution in [-0.2, 0) is 32.9 Å². The molecule has 0 saturated carbocycles. The molecule has 1 aromatic carbocycles. The van der Waals surface area contributed by atoms with Gasteiger partial charge < -0.3 is 4.90 Å². The van der Waals surface area contributed by atoms with Gasteiger partial charge >= 0.3 is 0 Å². The lowest BCUT2D eigenvalue weighted by Gasteiger charge is -2.30. The number of pyridine rings is 1. The molecule has 0 bridgehead atoms. The third-order valence-electron chi connectivity index (χ3n) is 6.79. The number of likely N-dealkylation sites (N-methyl/N-ethyl adjacent to an activating group) is 1. The molecule has 0 radical (unpaired) electrons. The Morgan fingerprint density at radius 1 is 1.09 bits per heavy atom. The van der Waals surface area contributed by atoms with Crippen molar-refractivity contribution in [3.63, 3.8) is 0 Å². The Labute approximate surface area is 205 Å². The number of aromatic nitrogens is 3. The smallest absolute Gasteiger partial charge is 0.241 e. The first-order chi connectivity index (χ1) is 16.7. The highest BCUT2D eigenvalue weighted by Crippen LogP contribution is 2.42. The van der Waals surface area contributed by atoms with Crippen LogP contribution in [0.5, 0.6) is 0 Å². The molecule has 1 aliphatic heterocycles. The van der Waals surface area contributed by atoms with E-state index in [-0.39, 0.29) is 37.1 Å². The zero-order valence-electron chi connectivity index (χ0n) is 20.7. The molecular formula is C27H31N5O3. The highest BCUT2D eigenvalue weighted by atomic mass is 16.2. The van der Waals surface area contributed by atoms with E-state index in [1.807, 2.05) is 55.8 Å². The van der Waals surface area contributed by atoms with Gasteiger partial charge in [-0.25, -0.2) is 0 Å². The molecule has 4 rings (SSSR count). The molecule has 182 valence electrons. The van der Waals surface area contributed by atoms with Crippen molar-refractivity contribution in [2.24, 2.45) is 0 Å². The summed E-state index contributed by atoms with van der Waals surface area (Å²) in [6, 6.07) is 13.1. The van der Waals surface area contributed by atoms with Gasteiger partial charge in [0.05, 0.1) is 24.2 Å². The molecule has 8 nitrogen and oxygen atoms in total.